The first-order valence-electron chi connectivity index (χ1n) is 6.32. The van der Waals surface area contributed by atoms with Gasteiger partial charge in [-0.2, -0.15) is 0 Å². The number of carbonyl (C=O) groups excluding carboxylic acids is 1. The molecule has 1 aliphatic carbocycles. The molecular weight excluding hydrogens is 296 g/mol. The third kappa shape index (κ3) is 3.88. The molecule has 0 fully saturated rings. The highest BCUT2D eigenvalue weighted by molar-refractivity contribution is 6.33. The van der Waals surface area contributed by atoms with Crippen LogP contribution < -0.4 is 15.4 Å². The molecule has 2 atom stereocenters. The summed E-state index contributed by atoms with van der Waals surface area (Å²) in [6, 6.07) is 4.14. The first-order chi connectivity index (χ1) is 9.99. The molecular formula is C14H15ClN2O4. The van der Waals surface area contributed by atoms with Gasteiger partial charge < -0.3 is 20.5 Å². The Morgan fingerprint density at radius 1 is 1.38 bits per heavy atom. The van der Waals surface area contributed by atoms with Crippen LogP contribution in [0.2, 0.25) is 5.02 Å². The van der Waals surface area contributed by atoms with Gasteiger partial charge in [0.2, 0.25) is 0 Å². The summed E-state index contributed by atoms with van der Waals surface area (Å²) in [7, 11) is 1.52. The largest absolute Gasteiger partial charge is 0.497 e. The fraction of sp³-hybridized carbons (Fsp3) is 0.286. The lowest BCUT2D eigenvalue weighted by Crippen LogP contribution is -2.36. The fourth-order valence-corrected chi connectivity index (χ4v) is 2.21. The fourth-order valence-electron chi connectivity index (χ4n) is 2.04. The van der Waals surface area contributed by atoms with E-state index in [9.17, 15) is 9.59 Å². The van der Waals surface area contributed by atoms with Crippen LogP contribution in [0.25, 0.3) is 0 Å². The normalized spacial score (nSPS) is 20.1. The zero-order valence-corrected chi connectivity index (χ0v) is 12.1. The van der Waals surface area contributed by atoms with Gasteiger partial charge in [0.25, 0.3) is 0 Å². The van der Waals surface area contributed by atoms with Crippen molar-refractivity contribution in [2.75, 3.05) is 12.4 Å². The second-order valence-corrected chi connectivity index (χ2v) is 5.02. The molecule has 7 heteroatoms. The number of amides is 2. The van der Waals surface area contributed by atoms with Crippen LogP contribution in [0.3, 0.4) is 0 Å². The van der Waals surface area contributed by atoms with Crippen LogP contribution in [0.1, 0.15) is 6.42 Å². The molecule has 0 bridgehead atoms. The molecule has 2 amide bonds. The van der Waals surface area contributed by atoms with E-state index in [0.29, 0.717) is 22.9 Å². The lowest BCUT2D eigenvalue weighted by molar-refractivity contribution is -0.140. The molecule has 1 aromatic rings. The number of hydrogen-bond donors (Lipinski definition) is 3. The molecule has 1 aromatic carbocycles. The van der Waals surface area contributed by atoms with E-state index in [-0.39, 0.29) is 6.04 Å². The number of nitrogens with one attached hydrogen (secondary N) is 2. The average Bonchev–Trinajstić information content (AvgIpc) is 2.90. The Hall–Kier alpha value is -2.21. The second kappa shape index (κ2) is 6.49. The molecule has 2 unspecified atom stereocenters. The van der Waals surface area contributed by atoms with Crippen LogP contribution in [-0.4, -0.2) is 30.3 Å². The summed E-state index contributed by atoms with van der Waals surface area (Å²) in [6.45, 7) is 0. The number of aliphatic carboxylic acids is 1. The van der Waals surface area contributed by atoms with Crippen LogP contribution in [-0.2, 0) is 4.79 Å². The number of hydrogen-bond acceptors (Lipinski definition) is 3. The van der Waals surface area contributed by atoms with Crippen molar-refractivity contribution in [2.24, 2.45) is 5.92 Å². The van der Waals surface area contributed by atoms with Gasteiger partial charge in [-0.15, -0.1) is 0 Å². The molecule has 0 heterocycles. The summed E-state index contributed by atoms with van der Waals surface area (Å²) >= 11 is 5.99. The maximum Gasteiger partial charge on any atom is 0.319 e. The zero-order chi connectivity index (χ0) is 15.4. The predicted molar refractivity (Wildman–Crippen MR) is 78.8 cm³/mol. The highest BCUT2D eigenvalue weighted by Gasteiger charge is 2.25. The minimum absolute atomic E-state index is 0.310. The number of carboxylic acid groups (broad SMARTS) is 1. The molecule has 0 aliphatic heterocycles. The van der Waals surface area contributed by atoms with Gasteiger partial charge in [0.1, 0.15) is 5.75 Å². The van der Waals surface area contributed by atoms with Crippen LogP contribution in [0.5, 0.6) is 5.75 Å². The van der Waals surface area contributed by atoms with E-state index in [4.69, 9.17) is 21.4 Å². The second-order valence-electron chi connectivity index (χ2n) is 4.62. The quantitative estimate of drug-likeness (QED) is 0.746. The number of ether oxygens (including phenoxy) is 1. The molecule has 112 valence electrons. The maximum absolute atomic E-state index is 11.9. The Bertz CT molecular complexity index is 588. The van der Waals surface area contributed by atoms with E-state index in [1.165, 1.54) is 7.11 Å². The number of anilines is 1. The van der Waals surface area contributed by atoms with Gasteiger partial charge in [0, 0.05) is 6.07 Å². The number of carbonyl (C=O) groups is 2. The van der Waals surface area contributed by atoms with Crippen LogP contribution >= 0.6 is 11.6 Å². The number of benzene rings is 1. The van der Waals surface area contributed by atoms with E-state index in [1.54, 1.807) is 30.4 Å². The van der Waals surface area contributed by atoms with Gasteiger partial charge in [-0.05, 0) is 18.6 Å². The number of rotatable bonds is 4. The van der Waals surface area contributed by atoms with Crippen molar-refractivity contribution in [3.8, 4) is 5.75 Å². The predicted octanol–water partition coefficient (Wildman–Crippen LogP) is 2.50. The summed E-state index contributed by atoms with van der Waals surface area (Å²) in [5.41, 5.74) is 0.422. The first kappa shape index (κ1) is 15.2. The number of urea groups is 1. The number of carboxylic acids is 1. The van der Waals surface area contributed by atoms with Gasteiger partial charge >= 0.3 is 12.0 Å². The Balaban J connectivity index is 1.94. The molecule has 0 spiro atoms. The van der Waals surface area contributed by atoms with E-state index in [2.05, 4.69) is 10.6 Å². The van der Waals surface area contributed by atoms with Crippen LogP contribution in [0.15, 0.2) is 30.4 Å². The van der Waals surface area contributed by atoms with Gasteiger partial charge in [0.15, 0.2) is 0 Å². The molecule has 1 aliphatic rings. The smallest absolute Gasteiger partial charge is 0.319 e. The molecule has 0 aromatic heterocycles. The van der Waals surface area contributed by atoms with Gasteiger partial charge in [0.05, 0.1) is 29.8 Å². The molecule has 21 heavy (non-hydrogen) atoms. The molecule has 0 radical (unpaired) electrons. The van der Waals surface area contributed by atoms with Crippen molar-refractivity contribution in [2.45, 2.75) is 12.5 Å². The van der Waals surface area contributed by atoms with Crippen molar-refractivity contribution < 1.29 is 19.4 Å². The Kier molecular flexibility index (Phi) is 4.70. The number of halogens is 1. The summed E-state index contributed by atoms with van der Waals surface area (Å²) < 4.78 is 5.06. The average molecular weight is 311 g/mol. The third-order valence-corrected chi connectivity index (χ3v) is 3.47. The van der Waals surface area contributed by atoms with Crippen LogP contribution in [0, 0.1) is 5.92 Å². The lowest BCUT2D eigenvalue weighted by Gasteiger charge is -2.14. The van der Waals surface area contributed by atoms with Gasteiger partial charge in [-0.25, -0.2) is 4.79 Å². The zero-order valence-electron chi connectivity index (χ0n) is 11.3. The molecule has 3 N–H and O–H groups in total. The summed E-state index contributed by atoms with van der Waals surface area (Å²) in [6.07, 6.45) is 3.59. The summed E-state index contributed by atoms with van der Waals surface area (Å²) in [4.78, 5) is 22.7. The number of methoxy groups -OCH3 is 1. The molecule has 2 rings (SSSR count). The lowest BCUT2D eigenvalue weighted by atomic mass is 10.1. The highest BCUT2D eigenvalue weighted by Crippen LogP contribution is 2.26. The van der Waals surface area contributed by atoms with Gasteiger partial charge in [-0.1, -0.05) is 23.8 Å². The van der Waals surface area contributed by atoms with E-state index in [1.807, 2.05) is 0 Å². The topological polar surface area (TPSA) is 87.7 Å². The molecule has 0 saturated heterocycles. The minimum atomic E-state index is -0.896. The Morgan fingerprint density at radius 3 is 2.76 bits per heavy atom. The van der Waals surface area contributed by atoms with E-state index < -0.39 is 17.9 Å². The summed E-state index contributed by atoms with van der Waals surface area (Å²) in [5, 5.41) is 14.6. The Morgan fingerprint density at radius 2 is 2.14 bits per heavy atom. The highest BCUT2D eigenvalue weighted by atomic mass is 35.5. The van der Waals surface area contributed by atoms with Crippen molar-refractivity contribution >= 4 is 29.3 Å². The van der Waals surface area contributed by atoms with Crippen molar-refractivity contribution in [3.05, 3.63) is 35.4 Å². The van der Waals surface area contributed by atoms with Crippen LogP contribution in [0.4, 0.5) is 10.5 Å². The summed E-state index contributed by atoms with van der Waals surface area (Å²) in [5.74, 6) is -0.885. The molecule has 0 saturated carbocycles. The monoisotopic (exact) mass is 310 g/mol. The maximum atomic E-state index is 11.9. The molecule has 6 nitrogen and oxygen atoms in total. The standard InChI is InChI=1S/C14H15ClN2O4/c1-21-10-4-5-11(15)12(7-10)17-14(20)16-9-3-2-8(6-9)13(18)19/h2-5,7-9H,6H2,1H3,(H,18,19)(H2,16,17,20). The van der Waals surface area contributed by atoms with Crippen molar-refractivity contribution in [1.29, 1.82) is 0 Å². The van der Waals surface area contributed by atoms with Crippen molar-refractivity contribution in [1.82, 2.24) is 5.32 Å². The van der Waals surface area contributed by atoms with E-state index in [0.717, 1.165) is 0 Å². The first-order valence-corrected chi connectivity index (χ1v) is 6.69. The van der Waals surface area contributed by atoms with E-state index >= 15 is 0 Å². The SMILES string of the molecule is COc1ccc(Cl)c(NC(=O)NC2C=CC(C(=O)O)C2)c1. The Labute approximate surface area is 126 Å². The van der Waals surface area contributed by atoms with Crippen molar-refractivity contribution in [3.63, 3.8) is 0 Å². The third-order valence-electron chi connectivity index (χ3n) is 3.14. The minimum Gasteiger partial charge on any atom is -0.497 e. The van der Waals surface area contributed by atoms with Gasteiger partial charge in [-0.3, -0.25) is 4.79 Å².